The predicted octanol–water partition coefficient (Wildman–Crippen LogP) is 6.84. The van der Waals surface area contributed by atoms with Crippen molar-refractivity contribution < 1.29 is 28.3 Å². The number of carboxylic acid groups (broad SMARTS) is 1. The van der Waals surface area contributed by atoms with Crippen LogP contribution in [0.4, 0.5) is 15.8 Å². The normalized spacial score (nSPS) is 12.7. The largest absolute Gasteiger partial charge is 0.478 e. The van der Waals surface area contributed by atoms with E-state index in [4.69, 9.17) is 21.0 Å². The number of anilines is 2. The molecule has 0 fully saturated rings. The highest BCUT2D eigenvalue weighted by molar-refractivity contribution is 6.34. The Labute approximate surface area is 238 Å². The van der Waals surface area contributed by atoms with Crippen molar-refractivity contribution >= 4 is 51.9 Å². The van der Waals surface area contributed by atoms with Gasteiger partial charge in [0.25, 0.3) is 11.8 Å². The summed E-state index contributed by atoms with van der Waals surface area (Å²) in [6.45, 7) is 0.551. The van der Waals surface area contributed by atoms with Crippen LogP contribution < -0.4 is 10.2 Å². The first-order chi connectivity index (χ1) is 19.9. The molecule has 0 saturated heterocycles. The number of nitrogens with zero attached hydrogens (tertiary/aromatic N) is 2. The van der Waals surface area contributed by atoms with Gasteiger partial charge < -0.3 is 14.8 Å². The molecule has 0 bridgehead atoms. The molecule has 4 aromatic carbocycles. The highest BCUT2D eigenvalue weighted by Gasteiger charge is 2.37. The van der Waals surface area contributed by atoms with E-state index < -0.39 is 17.8 Å². The zero-order valence-electron chi connectivity index (χ0n) is 21.4. The molecule has 0 radical (unpaired) electrons. The molecule has 204 valence electrons. The number of carboxylic acids is 1. The van der Waals surface area contributed by atoms with Gasteiger partial charge in [0, 0.05) is 23.7 Å². The molecule has 0 aliphatic carbocycles. The molecular weight excluding hydrogens is 549 g/mol. The number of hydrogen-bond donors (Lipinski definition) is 2. The molecule has 0 atom stereocenters. The minimum absolute atomic E-state index is 0.0161. The van der Waals surface area contributed by atoms with E-state index >= 15 is 0 Å². The number of imide groups is 1. The number of aromatic carboxylic acids is 1. The van der Waals surface area contributed by atoms with Crippen molar-refractivity contribution in [3.8, 4) is 22.6 Å². The van der Waals surface area contributed by atoms with E-state index in [1.807, 2.05) is 6.07 Å². The fourth-order valence-electron chi connectivity index (χ4n) is 4.85. The second-order valence-electron chi connectivity index (χ2n) is 9.39. The lowest BCUT2D eigenvalue weighted by atomic mass is 10.0. The van der Waals surface area contributed by atoms with Crippen molar-refractivity contribution in [2.24, 2.45) is 0 Å². The van der Waals surface area contributed by atoms with E-state index in [9.17, 15) is 23.9 Å². The van der Waals surface area contributed by atoms with Gasteiger partial charge in [0.05, 0.1) is 27.9 Å². The number of carbonyl (C=O) groups is 3. The van der Waals surface area contributed by atoms with Gasteiger partial charge in [-0.15, -0.1) is 11.6 Å². The Kier molecular flexibility index (Phi) is 6.72. The van der Waals surface area contributed by atoms with E-state index in [2.05, 4.69) is 5.32 Å². The third-order valence-corrected chi connectivity index (χ3v) is 7.07. The maximum absolute atomic E-state index is 14.0. The van der Waals surface area contributed by atoms with Crippen LogP contribution >= 0.6 is 11.6 Å². The van der Waals surface area contributed by atoms with Crippen LogP contribution in [0.3, 0.4) is 0 Å². The summed E-state index contributed by atoms with van der Waals surface area (Å²) in [6.07, 6.45) is 0.685. The molecule has 1 aliphatic heterocycles. The summed E-state index contributed by atoms with van der Waals surface area (Å²) in [5.41, 5.74) is 3.74. The average Bonchev–Trinajstić information content (AvgIpc) is 3.51. The molecular formula is C31H21ClFN3O5. The van der Waals surface area contributed by atoms with Crippen LogP contribution in [-0.4, -0.2) is 40.3 Å². The van der Waals surface area contributed by atoms with Gasteiger partial charge in [-0.3, -0.25) is 9.59 Å². The van der Waals surface area contributed by atoms with E-state index in [-0.39, 0.29) is 34.1 Å². The molecule has 1 aromatic heterocycles. The smallest absolute Gasteiger partial charge is 0.335 e. The summed E-state index contributed by atoms with van der Waals surface area (Å²) in [5.74, 6) is -2.10. The van der Waals surface area contributed by atoms with Gasteiger partial charge in [-0.1, -0.05) is 24.3 Å². The number of halogens is 2. The number of benzene rings is 4. The van der Waals surface area contributed by atoms with Crippen LogP contribution in [0, 0.1) is 5.82 Å². The molecule has 41 heavy (non-hydrogen) atoms. The molecule has 0 spiro atoms. The molecule has 2 N–H and O–H groups in total. The molecule has 1 aliphatic rings. The number of rotatable bonds is 8. The van der Waals surface area contributed by atoms with E-state index in [0.717, 1.165) is 4.90 Å². The highest BCUT2D eigenvalue weighted by atomic mass is 35.5. The lowest BCUT2D eigenvalue weighted by molar-refractivity contribution is 0.0696. The van der Waals surface area contributed by atoms with Gasteiger partial charge in [-0.2, -0.15) is 0 Å². The first-order valence-electron chi connectivity index (χ1n) is 12.7. The number of aromatic nitrogens is 1. The molecule has 6 rings (SSSR count). The van der Waals surface area contributed by atoms with Crippen molar-refractivity contribution in [3.63, 3.8) is 0 Å². The molecule has 10 heteroatoms. The Morgan fingerprint density at radius 3 is 2.51 bits per heavy atom. The van der Waals surface area contributed by atoms with Crippen LogP contribution in [0.15, 0.2) is 83.3 Å². The Balaban J connectivity index is 1.45. The lowest BCUT2D eigenvalue weighted by Crippen LogP contribution is -2.29. The standard InChI is InChI=1S/C31H21ClFN3O5/c32-12-3-13-34-25-11-9-20(36-29(37)22-10-8-18(31(39)40)15-23(22)30(36)38)16-24(25)28-35-27-21(6-2-7-26(27)41-28)17-4-1-5-19(33)14-17/h1-2,4-11,14-16,34H,3,12-13H2,(H,39,40). The summed E-state index contributed by atoms with van der Waals surface area (Å²) in [6, 6.07) is 20.3. The summed E-state index contributed by atoms with van der Waals surface area (Å²) in [5, 5.41) is 12.6. The second kappa shape index (κ2) is 10.5. The zero-order chi connectivity index (χ0) is 28.7. The predicted molar refractivity (Wildman–Crippen MR) is 153 cm³/mol. The number of amides is 2. The number of carbonyl (C=O) groups excluding carboxylic acids is 2. The Hall–Kier alpha value is -5.02. The lowest BCUT2D eigenvalue weighted by Gasteiger charge is -2.17. The Morgan fingerprint density at radius 2 is 1.73 bits per heavy atom. The fourth-order valence-corrected chi connectivity index (χ4v) is 4.99. The number of para-hydroxylation sites is 1. The topological polar surface area (TPSA) is 113 Å². The quantitative estimate of drug-likeness (QED) is 0.119. The third kappa shape index (κ3) is 4.70. The van der Waals surface area contributed by atoms with Crippen LogP contribution in [0.1, 0.15) is 37.5 Å². The average molecular weight is 570 g/mol. The molecule has 0 saturated carbocycles. The van der Waals surface area contributed by atoms with Crippen molar-refractivity contribution in [2.75, 3.05) is 22.6 Å². The summed E-state index contributed by atoms with van der Waals surface area (Å²) in [7, 11) is 0. The number of nitrogens with one attached hydrogen (secondary N) is 1. The maximum atomic E-state index is 14.0. The van der Waals surface area contributed by atoms with Crippen LogP contribution in [0.5, 0.6) is 0 Å². The second-order valence-corrected chi connectivity index (χ2v) is 9.77. The van der Waals surface area contributed by atoms with E-state index in [1.165, 1.54) is 30.3 Å². The first-order valence-corrected chi connectivity index (χ1v) is 13.2. The molecule has 5 aromatic rings. The zero-order valence-corrected chi connectivity index (χ0v) is 22.1. The number of hydrogen-bond acceptors (Lipinski definition) is 6. The molecule has 0 unspecified atom stereocenters. The SMILES string of the molecule is O=C(O)c1ccc2c(c1)C(=O)N(c1ccc(NCCCCl)c(-c3nc4c(-c5cccc(F)c5)cccc4o3)c1)C2=O. The van der Waals surface area contributed by atoms with Crippen molar-refractivity contribution in [2.45, 2.75) is 6.42 Å². The van der Waals surface area contributed by atoms with Gasteiger partial charge in [-0.05, 0) is 66.6 Å². The highest BCUT2D eigenvalue weighted by Crippen LogP contribution is 2.38. The summed E-state index contributed by atoms with van der Waals surface area (Å²) >= 11 is 5.87. The minimum atomic E-state index is -1.20. The number of alkyl halides is 1. The van der Waals surface area contributed by atoms with Crippen molar-refractivity contribution in [1.82, 2.24) is 4.98 Å². The summed E-state index contributed by atoms with van der Waals surface area (Å²) < 4.78 is 20.1. The molecule has 2 amide bonds. The third-order valence-electron chi connectivity index (χ3n) is 6.81. The van der Waals surface area contributed by atoms with Gasteiger partial charge in [-0.25, -0.2) is 19.1 Å². The van der Waals surface area contributed by atoms with Crippen molar-refractivity contribution in [3.05, 3.63) is 101 Å². The molecule has 8 nitrogen and oxygen atoms in total. The number of oxazole rings is 1. The van der Waals surface area contributed by atoms with Crippen LogP contribution in [0.2, 0.25) is 0 Å². The monoisotopic (exact) mass is 569 g/mol. The van der Waals surface area contributed by atoms with Gasteiger partial charge in [0.2, 0.25) is 5.89 Å². The Morgan fingerprint density at radius 1 is 0.927 bits per heavy atom. The molecule has 2 heterocycles. The maximum Gasteiger partial charge on any atom is 0.335 e. The van der Waals surface area contributed by atoms with E-state index in [0.29, 0.717) is 52.3 Å². The Bertz CT molecular complexity index is 1870. The number of fused-ring (bicyclic) bond motifs is 2. The minimum Gasteiger partial charge on any atom is -0.478 e. The van der Waals surface area contributed by atoms with Crippen LogP contribution in [-0.2, 0) is 0 Å². The van der Waals surface area contributed by atoms with Gasteiger partial charge in [0.15, 0.2) is 5.58 Å². The van der Waals surface area contributed by atoms with Gasteiger partial charge >= 0.3 is 5.97 Å². The van der Waals surface area contributed by atoms with Crippen molar-refractivity contribution in [1.29, 1.82) is 0 Å². The fraction of sp³-hybridized carbons (Fsp3) is 0.0968. The van der Waals surface area contributed by atoms with Crippen LogP contribution in [0.25, 0.3) is 33.7 Å². The van der Waals surface area contributed by atoms with E-state index in [1.54, 1.807) is 42.5 Å². The van der Waals surface area contributed by atoms with Gasteiger partial charge in [0.1, 0.15) is 11.3 Å². The first kappa shape index (κ1) is 26.2. The summed E-state index contributed by atoms with van der Waals surface area (Å²) in [4.78, 5) is 43.7.